The quantitative estimate of drug-likeness (QED) is 0.471. The first-order chi connectivity index (χ1) is 12.0. The Morgan fingerprint density at radius 3 is 2.88 bits per heavy atom. The molecular weight excluding hydrogens is 374 g/mol. The molecule has 5 N–H and O–H groups in total. The van der Waals surface area contributed by atoms with Crippen LogP contribution in [0.3, 0.4) is 0 Å². The molecule has 3 heterocycles. The van der Waals surface area contributed by atoms with Crippen molar-refractivity contribution >= 4 is 19.3 Å². The number of halogens is 1. The highest BCUT2D eigenvalue weighted by molar-refractivity contribution is 7.46. The fraction of sp³-hybridized carbons (Fsp3) is 0.500. The van der Waals surface area contributed by atoms with E-state index in [1.807, 2.05) is 0 Å². The summed E-state index contributed by atoms with van der Waals surface area (Å²) < 4.78 is 37.0. The van der Waals surface area contributed by atoms with E-state index < -0.39 is 37.9 Å². The van der Waals surface area contributed by atoms with Crippen LogP contribution in [0.15, 0.2) is 12.5 Å². The zero-order chi connectivity index (χ0) is 19.3. The number of aromatic nitrogens is 4. The van der Waals surface area contributed by atoms with Crippen LogP contribution in [0.4, 0.5) is 10.2 Å². The smallest absolute Gasteiger partial charge is 0.387 e. The van der Waals surface area contributed by atoms with Gasteiger partial charge in [-0.15, -0.1) is 0 Å². The van der Waals surface area contributed by atoms with Crippen LogP contribution in [0.5, 0.6) is 0 Å². The monoisotopic (exact) mass is 388 g/mol. The molecule has 2 aromatic heterocycles. The Bertz CT molecular complexity index is 940. The molecule has 12 nitrogen and oxygen atoms in total. The van der Waals surface area contributed by atoms with Gasteiger partial charge >= 0.3 is 7.82 Å². The summed E-state index contributed by atoms with van der Waals surface area (Å²) in [6.45, 7) is 0.0740. The number of aliphatic hydroxyl groups excluding tert-OH is 1. The van der Waals surface area contributed by atoms with Crippen LogP contribution in [-0.4, -0.2) is 59.0 Å². The van der Waals surface area contributed by atoms with Gasteiger partial charge in [0.25, 0.3) is 0 Å². The Labute approximate surface area is 145 Å². The maximum absolute atomic E-state index is 15.4. The van der Waals surface area contributed by atoms with Crippen LogP contribution < -0.4 is 5.73 Å². The average Bonchev–Trinajstić information content (AvgIpc) is 3.06. The lowest BCUT2D eigenvalue weighted by molar-refractivity contribution is -0.0713. The summed E-state index contributed by atoms with van der Waals surface area (Å²) in [5.74, 6) is -0.0279. The lowest BCUT2D eigenvalue weighted by Gasteiger charge is -2.30. The lowest BCUT2D eigenvalue weighted by Crippen LogP contribution is -2.48. The Morgan fingerprint density at radius 1 is 1.58 bits per heavy atom. The highest BCUT2D eigenvalue weighted by Crippen LogP contribution is 2.50. The molecule has 4 atom stereocenters. The van der Waals surface area contributed by atoms with Gasteiger partial charge < -0.3 is 25.4 Å². The predicted octanol–water partition coefficient (Wildman–Crippen LogP) is -0.977. The summed E-state index contributed by atoms with van der Waals surface area (Å²) in [4.78, 5) is 25.2. The van der Waals surface area contributed by atoms with Crippen LogP contribution in [0, 0.1) is 11.3 Å². The van der Waals surface area contributed by atoms with E-state index in [0.717, 1.165) is 24.0 Å². The Hall–Kier alpha value is -2.20. The fourth-order valence-electron chi connectivity index (χ4n) is 2.84. The molecule has 3 rings (SSSR count). The number of nitrogen functional groups attached to an aromatic ring is 1. The minimum atomic E-state index is -4.89. The largest absolute Gasteiger partial charge is 0.469 e. The number of nitrogens with zero attached hydrogens (tertiary/aromatic N) is 5. The normalized spacial score (nSPS) is 32.0. The molecular formula is C12H14FN6O6P. The number of nitrogens with two attached hydrogens (primary N) is 1. The standard InChI is InChI=1S/C12H14FN6O6P/c1-11(13)8(20)6(3-24-26(21,22)23)25-12(11,4-14)7-2-16-10-9(15)17-5-18-19(7)10/h2,5-6,8,20H,3H2,1H3,(H2,15,17,18)(H2,21,22,23). The van der Waals surface area contributed by atoms with Crippen molar-refractivity contribution in [2.24, 2.45) is 0 Å². The predicted molar refractivity (Wildman–Crippen MR) is 80.9 cm³/mol. The summed E-state index contributed by atoms with van der Waals surface area (Å²) in [6.07, 6.45) is -1.31. The molecule has 0 saturated carbocycles. The minimum Gasteiger partial charge on any atom is -0.387 e. The number of hydrogen-bond donors (Lipinski definition) is 4. The van der Waals surface area contributed by atoms with Crippen molar-refractivity contribution in [3.63, 3.8) is 0 Å². The third-order valence-electron chi connectivity index (χ3n) is 4.18. The first-order valence-corrected chi connectivity index (χ1v) is 8.67. The second kappa shape index (κ2) is 5.92. The van der Waals surface area contributed by atoms with Gasteiger partial charge in [0.15, 0.2) is 17.1 Å². The first kappa shape index (κ1) is 18.6. The summed E-state index contributed by atoms with van der Waals surface area (Å²) >= 11 is 0. The number of rotatable bonds is 4. The van der Waals surface area contributed by atoms with Gasteiger partial charge in [-0.05, 0) is 6.92 Å². The number of phosphoric acid groups is 1. The van der Waals surface area contributed by atoms with Gasteiger partial charge in [0.2, 0.25) is 5.60 Å². The molecule has 1 fully saturated rings. The Morgan fingerprint density at radius 2 is 2.27 bits per heavy atom. The van der Waals surface area contributed by atoms with Crippen molar-refractivity contribution in [1.82, 2.24) is 19.6 Å². The van der Waals surface area contributed by atoms with E-state index in [-0.39, 0.29) is 17.2 Å². The van der Waals surface area contributed by atoms with E-state index in [0.29, 0.717) is 0 Å². The number of imidazole rings is 1. The third-order valence-corrected chi connectivity index (χ3v) is 4.67. The summed E-state index contributed by atoms with van der Waals surface area (Å²) in [5.41, 5.74) is 0.444. The molecule has 1 aliphatic rings. The minimum absolute atomic E-state index is 0.0279. The molecule has 26 heavy (non-hydrogen) atoms. The number of phosphoric ester groups is 1. The topological polar surface area (TPSA) is 189 Å². The molecule has 0 radical (unpaired) electrons. The lowest BCUT2D eigenvalue weighted by atomic mass is 9.82. The maximum Gasteiger partial charge on any atom is 0.469 e. The van der Waals surface area contributed by atoms with Crippen molar-refractivity contribution in [3.05, 3.63) is 18.2 Å². The number of alkyl halides is 1. The van der Waals surface area contributed by atoms with Gasteiger partial charge in [0, 0.05) is 0 Å². The average molecular weight is 388 g/mol. The zero-order valence-electron chi connectivity index (χ0n) is 13.2. The number of anilines is 1. The van der Waals surface area contributed by atoms with Crippen LogP contribution in [-0.2, 0) is 19.4 Å². The number of fused-ring (bicyclic) bond motifs is 1. The van der Waals surface area contributed by atoms with Gasteiger partial charge in [-0.1, -0.05) is 0 Å². The van der Waals surface area contributed by atoms with Gasteiger partial charge in [-0.3, -0.25) is 4.52 Å². The fourth-order valence-corrected chi connectivity index (χ4v) is 3.18. The summed E-state index contributed by atoms with van der Waals surface area (Å²) in [5, 5.41) is 23.8. The van der Waals surface area contributed by atoms with Crippen molar-refractivity contribution in [2.75, 3.05) is 12.3 Å². The molecule has 1 aliphatic heterocycles. The molecule has 140 valence electrons. The van der Waals surface area contributed by atoms with Crippen molar-refractivity contribution in [1.29, 1.82) is 5.26 Å². The van der Waals surface area contributed by atoms with E-state index >= 15 is 4.39 Å². The van der Waals surface area contributed by atoms with Gasteiger partial charge in [-0.2, -0.15) is 10.4 Å². The van der Waals surface area contributed by atoms with Crippen molar-refractivity contribution in [2.45, 2.75) is 30.4 Å². The van der Waals surface area contributed by atoms with Gasteiger partial charge in [-0.25, -0.2) is 23.4 Å². The molecule has 0 aromatic carbocycles. The maximum atomic E-state index is 15.4. The molecule has 0 amide bonds. The summed E-state index contributed by atoms with van der Waals surface area (Å²) in [7, 11) is -4.89. The zero-order valence-corrected chi connectivity index (χ0v) is 14.1. The van der Waals surface area contributed by atoms with E-state index in [1.54, 1.807) is 6.07 Å². The third kappa shape index (κ3) is 2.64. The van der Waals surface area contributed by atoms with Gasteiger partial charge in [0.05, 0.1) is 12.8 Å². The number of hydrogen-bond acceptors (Lipinski definition) is 9. The highest BCUT2D eigenvalue weighted by atomic mass is 31.2. The first-order valence-electron chi connectivity index (χ1n) is 7.14. The van der Waals surface area contributed by atoms with Crippen LogP contribution in [0.25, 0.3) is 5.65 Å². The number of ether oxygens (including phenoxy) is 1. The van der Waals surface area contributed by atoms with Crippen molar-refractivity contribution in [3.8, 4) is 6.07 Å². The number of aliphatic hydroxyl groups is 1. The van der Waals surface area contributed by atoms with Gasteiger partial charge in [0.1, 0.15) is 30.3 Å². The SMILES string of the molecule is CC1(F)C(O)C(COP(=O)(O)O)OC1(C#N)c1cnc2c(N)ncnn12. The highest BCUT2D eigenvalue weighted by Gasteiger charge is 2.67. The van der Waals surface area contributed by atoms with Crippen LogP contribution >= 0.6 is 7.82 Å². The molecule has 0 spiro atoms. The molecule has 0 aliphatic carbocycles. The van der Waals surface area contributed by atoms with E-state index in [1.165, 1.54) is 0 Å². The van der Waals surface area contributed by atoms with E-state index in [2.05, 4.69) is 19.6 Å². The molecule has 4 unspecified atom stereocenters. The second-order valence-corrected chi connectivity index (χ2v) is 7.02. The van der Waals surface area contributed by atoms with Crippen LogP contribution in [0.1, 0.15) is 12.6 Å². The summed E-state index contributed by atoms with van der Waals surface area (Å²) in [6, 6.07) is 1.67. The molecule has 2 aromatic rings. The molecule has 14 heteroatoms. The Balaban J connectivity index is 2.09. The van der Waals surface area contributed by atoms with Crippen molar-refractivity contribution < 1.29 is 33.1 Å². The molecule has 0 bridgehead atoms. The molecule has 1 saturated heterocycles. The number of nitriles is 1. The van der Waals surface area contributed by atoms with Crippen LogP contribution in [0.2, 0.25) is 0 Å². The second-order valence-electron chi connectivity index (χ2n) is 5.78. The van der Waals surface area contributed by atoms with E-state index in [9.17, 15) is 14.9 Å². The Kier molecular flexibility index (Phi) is 4.23. The van der Waals surface area contributed by atoms with E-state index in [4.69, 9.17) is 20.3 Å².